The van der Waals surface area contributed by atoms with E-state index in [-0.39, 0.29) is 0 Å². The molecule has 1 heterocycles. The molecule has 2 atom stereocenters. The van der Waals surface area contributed by atoms with Crippen LogP contribution in [0.25, 0.3) is 0 Å². The lowest BCUT2D eigenvalue weighted by atomic mass is 9.70. The molecular formula is C10H21N. The summed E-state index contributed by atoms with van der Waals surface area (Å²) in [4.78, 5) is 0. The van der Waals surface area contributed by atoms with Gasteiger partial charge >= 0.3 is 0 Å². The summed E-state index contributed by atoms with van der Waals surface area (Å²) in [6.45, 7) is 11.9. The molecule has 1 N–H and O–H groups in total. The van der Waals surface area contributed by atoms with E-state index in [1.54, 1.807) is 0 Å². The first-order valence-electron chi connectivity index (χ1n) is 4.72. The quantitative estimate of drug-likeness (QED) is 0.566. The summed E-state index contributed by atoms with van der Waals surface area (Å²) in [6.07, 6.45) is 1.35. The Morgan fingerprint density at radius 2 is 1.91 bits per heavy atom. The van der Waals surface area contributed by atoms with Crippen LogP contribution in [0.1, 0.15) is 34.1 Å². The molecule has 0 amide bonds. The lowest BCUT2D eigenvalue weighted by Crippen LogP contribution is -2.40. The van der Waals surface area contributed by atoms with E-state index >= 15 is 0 Å². The van der Waals surface area contributed by atoms with E-state index in [9.17, 15) is 0 Å². The summed E-state index contributed by atoms with van der Waals surface area (Å²) in [5.41, 5.74) is 0.502. The largest absolute Gasteiger partial charge is 0.316 e. The molecule has 1 aliphatic rings. The Labute approximate surface area is 70.6 Å². The Morgan fingerprint density at radius 1 is 1.27 bits per heavy atom. The first-order chi connectivity index (χ1) is 5.02. The maximum absolute atomic E-state index is 3.44. The fourth-order valence-corrected chi connectivity index (χ4v) is 2.30. The van der Waals surface area contributed by atoms with Gasteiger partial charge in [0.1, 0.15) is 0 Å². The third-order valence-electron chi connectivity index (χ3n) is 2.90. The van der Waals surface area contributed by atoms with Gasteiger partial charge in [-0.3, -0.25) is 0 Å². The van der Waals surface area contributed by atoms with Gasteiger partial charge < -0.3 is 5.32 Å². The highest BCUT2D eigenvalue weighted by atomic mass is 14.9. The zero-order valence-electron chi connectivity index (χ0n) is 8.28. The van der Waals surface area contributed by atoms with Gasteiger partial charge in [-0.25, -0.2) is 0 Å². The van der Waals surface area contributed by atoms with E-state index in [2.05, 4.69) is 33.0 Å². The lowest BCUT2D eigenvalue weighted by Gasteiger charge is -2.39. The Morgan fingerprint density at radius 3 is 2.27 bits per heavy atom. The number of piperidine rings is 1. The van der Waals surface area contributed by atoms with E-state index in [1.807, 2.05) is 0 Å². The number of hydrogen-bond acceptors (Lipinski definition) is 1. The molecule has 0 aliphatic carbocycles. The molecule has 0 aromatic carbocycles. The second-order valence-electron chi connectivity index (χ2n) is 4.94. The van der Waals surface area contributed by atoms with Crippen molar-refractivity contribution in [3.63, 3.8) is 0 Å². The first kappa shape index (κ1) is 9.05. The molecule has 1 rings (SSSR count). The average molecular weight is 155 g/mol. The molecule has 1 aliphatic heterocycles. The van der Waals surface area contributed by atoms with Crippen LogP contribution in [0, 0.1) is 17.3 Å². The molecule has 0 aromatic heterocycles. The summed E-state index contributed by atoms with van der Waals surface area (Å²) in [5, 5.41) is 3.44. The van der Waals surface area contributed by atoms with Crippen molar-refractivity contribution in [1.82, 2.24) is 5.32 Å². The highest BCUT2D eigenvalue weighted by molar-refractivity contribution is 4.83. The van der Waals surface area contributed by atoms with E-state index in [0.717, 1.165) is 11.8 Å². The number of hydrogen-bond donors (Lipinski definition) is 1. The van der Waals surface area contributed by atoms with Crippen molar-refractivity contribution in [1.29, 1.82) is 0 Å². The number of nitrogens with one attached hydrogen (secondary N) is 1. The van der Waals surface area contributed by atoms with E-state index in [1.165, 1.54) is 19.5 Å². The fraction of sp³-hybridized carbons (Fsp3) is 1.00. The van der Waals surface area contributed by atoms with Crippen molar-refractivity contribution >= 4 is 0 Å². The second kappa shape index (κ2) is 3.14. The van der Waals surface area contributed by atoms with Gasteiger partial charge in [0.15, 0.2) is 0 Å². The smallest absolute Gasteiger partial charge is 0.00203 e. The van der Waals surface area contributed by atoms with E-state index in [0.29, 0.717) is 5.41 Å². The van der Waals surface area contributed by atoms with Crippen molar-refractivity contribution < 1.29 is 0 Å². The van der Waals surface area contributed by atoms with E-state index < -0.39 is 0 Å². The predicted octanol–water partition coefficient (Wildman–Crippen LogP) is 2.28. The van der Waals surface area contributed by atoms with Crippen molar-refractivity contribution in [2.24, 2.45) is 17.3 Å². The maximum atomic E-state index is 3.44. The highest BCUT2D eigenvalue weighted by Crippen LogP contribution is 2.35. The summed E-state index contributed by atoms with van der Waals surface area (Å²) in [5.74, 6) is 1.76. The minimum absolute atomic E-state index is 0.502. The van der Waals surface area contributed by atoms with Crippen LogP contribution < -0.4 is 5.32 Å². The zero-order chi connectivity index (χ0) is 8.48. The Balaban J connectivity index is 2.55. The standard InChI is InChI=1S/C10H21N/c1-8-7-11-6-5-9(8)10(2,3)4/h8-9,11H,5-7H2,1-4H3/t8-,9+/m1/s1. The van der Waals surface area contributed by atoms with Crippen molar-refractivity contribution in [3.05, 3.63) is 0 Å². The molecular weight excluding hydrogens is 134 g/mol. The Hall–Kier alpha value is -0.0400. The van der Waals surface area contributed by atoms with Gasteiger partial charge in [-0.05, 0) is 36.8 Å². The SMILES string of the molecule is C[C@@H]1CNCC[C@@H]1C(C)(C)C. The Bertz CT molecular complexity index is 123. The van der Waals surface area contributed by atoms with Gasteiger partial charge in [0.25, 0.3) is 0 Å². The molecule has 0 aromatic rings. The third kappa shape index (κ3) is 2.19. The van der Waals surface area contributed by atoms with Crippen LogP contribution >= 0.6 is 0 Å². The maximum Gasteiger partial charge on any atom is -0.00203 e. The molecule has 0 saturated carbocycles. The molecule has 0 spiro atoms. The summed E-state index contributed by atoms with van der Waals surface area (Å²) < 4.78 is 0. The van der Waals surface area contributed by atoms with Crippen molar-refractivity contribution in [2.75, 3.05) is 13.1 Å². The summed E-state index contributed by atoms with van der Waals surface area (Å²) in [6, 6.07) is 0. The summed E-state index contributed by atoms with van der Waals surface area (Å²) >= 11 is 0. The molecule has 1 nitrogen and oxygen atoms in total. The van der Waals surface area contributed by atoms with Gasteiger partial charge in [0.2, 0.25) is 0 Å². The third-order valence-corrected chi connectivity index (χ3v) is 2.90. The molecule has 1 saturated heterocycles. The van der Waals surface area contributed by atoms with Crippen LogP contribution in [0.2, 0.25) is 0 Å². The predicted molar refractivity (Wildman–Crippen MR) is 49.6 cm³/mol. The van der Waals surface area contributed by atoms with Crippen molar-refractivity contribution in [3.8, 4) is 0 Å². The van der Waals surface area contributed by atoms with Crippen molar-refractivity contribution in [2.45, 2.75) is 34.1 Å². The van der Waals surface area contributed by atoms with Gasteiger partial charge in [-0.2, -0.15) is 0 Å². The minimum atomic E-state index is 0.502. The zero-order valence-corrected chi connectivity index (χ0v) is 8.28. The van der Waals surface area contributed by atoms with Crippen LogP contribution in [-0.4, -0.2) is 13.1 Å². The molecule has 1 fully saturated rings. The second-order valence-corrected chi connectivity index (χ2v) is 4.94. The lowest BCUT2D eigenvalue weighted by molar-refractivity contribution is 0.130. The van der Waals surface area contributed by atoms with Crippen LogP contribution in [0.15, 0.2) is 0 Å². The van der Waals surface area contributed by atoms with Crippen LogP contribution in [0.4, 0.5) is 0 Å². The molecule has 11 heavy (non-hydrogen) atoms. The Kier molecular flexibility index (Phi) is 2.58. The molecule has 0 unspecified atom stereocenters. The molecule has 0 radical (unpaired) electrons. The van der Waals surface area contributed by atoms with Gasteiger partial charge in [-0.1, -0.05) is 27.7 Å². The molecule has 1 heteroatoms. The highest BCUT2D eigenvalue weighted by Gasteiger charge is 2.30. The monoisotopic (exact) mass is 155 g/mol. The van der Waals surface area contributed by atoms with Gasteiger partial charge in [-0.15, -0.1) is 0 Å². The average Bonchev–Trinajstić information content (AvgIpc) is 1.86. The molecule has 66 valence electrons. The normalized spacial score (nSPS) is 33.8. The number of rotatable bonds is 0. The van der Waals surface area contributed by atoms with E-state index in [4.69, 9.17) is 0 Å². The van der Waals surface area contributed by atoms with Crippen LogP contribution in [0.3, 0.4) is 0 Å². The topological polar surface area (TPSA) is 12.0 Å². The summed E-state index contributed by atoms with van der Waals surface area (Å²) in [7, 11) is 0. The van der Waals surface area contributed by atoms with Gasteiger partial charge in [0, 0.05) is 0 Å². The molecule has 0 bridgehead atoms. The fourth-order valence-electron chi connectivity index (χ4n) is 2.30. The van der Waals surface area contributed by atoms with Crippen LogP contribution in [0.5, 0.6) is 0 Å². The van der Waals surface area contributed by atoms with Crippen LogP contribution in [-0.2, 0) is 0 Å². The van der Waals surface area contributed by atoms with Gasteiger partial charge in [0.05, 0.1) is 0 Å². The first-order valence-corrected chi connectivity index (χ1v) is 4.72. The minimum Gasteiger partial charge on any atom is -0.316 e.